The third-order valence-corrected chi connectivity index (χ3v) is 3.82. The van der Waals surface area contributed by atoms with Crippen LogP contribution < -0.4 is 5.32 Å². The minimum Gasteiger partial charge on any atom is -0.478 e. The first-order chi connectivity index (χ1) is 10.3. The highest BCUT2D eigenvalue weighted by molar-refractivity contribution is 7.90. The summed E-state index contributed by atoms with van der Waals surface area (Å²) in [7, 11) is -3.60. The van der Waals surface area contributed by atoms with Crippen molar-refractivity contribution in [2.45, 2.75) is 11.4 Å². The van der Waals surface area contributed by atoms with Crippen LogP contribution in [0, 0.1) is 0 Å². The number of hydrogen-bond donors (Lipinski definition) is 2. The average Bonchev–Trinajstić information content (AvgIpc) is 2.89. The van der Waals surface area contributed by atoms with Crippen molar-refractivity contribution in [1.82, 2.24) is 9.78 Å². The highest BCUT2D eigenvalue weighted by Crippen LogP contribution is 2.19. The summed E-state index contributed by atoms with van der Waals surface area (Å²) in [6.45, 7) is -0.0709. The Morgan fingerprint density at radius 2 is 2.05 bits per heavy atom. The Labute approximate surface area is 126 Å². The van der Waals surface area contributed by atoms with E-state index >= 15 is 0 Å². The van der Waals surface area contributed by atoms with Gasteiger partial charge < -0.3 is 10.4 Å². The molecule has 2 aromatic rings. The molecule has 0 aliphatic carbocycles. The number of nitrogens with zero attached hydrogens (tertiary/aromatic N) is 2. The number of carboxylic acids is 1. The zero-order valence-electron chi connectivity index (χ0n) is 11.6. The van der Waals surface area contributed by atoms with E-state index in [-0.39, 0.29) is 22.7 Å². The van der Waals surface area contributed by atoms with E-state index in [9.17, 15) is 18.0 Å². The third-order valence-electron chi connectivity index (χ3n) is 2.73. The van der Waals surface area contributed by atoms with Crippen molar-refractivity contribution in [3.63, 3.8) is 0 Å². The Kier molecular flexibility index (Phi) is 4.27. The summed E-state index contributed by atoms with van der Waals surface area (Å²) in [4.78, 5) is 22.7. The number of nitrogens with one attached hydrogen (secondary N) is 1. The molecule has 116 valence electrons. The van der Waals surface area contributed by atoms with Crippen molar-refractivity contribution < 1.29 is 23.1 Å². The van der Waals surface area contributed by atoms with Crippen LogP contribution in [0.3, 0.4) is 0 Å². The molecular formula is C13H13N3O5S. The van der Waals surface area contributed by atoms with Gasteiger partial charge in [-0.3, -0.25) is 9.48 Å². The molecule has 0 radical (unpaired) electrons. The number of aromatic carboxylic acids is 1. The summed E-state index contributed by atoms with van der Waals surface area (Å²) in [6.07, 6.45) is 4.07. The topological polar surface area (TPSA) is 118 Å². The average molecular weight is 323 g/mol. The number of carboxylic acid groups (broad SMARTS) is 1. The molecule has 2 N–H and O–H groups in total. The van der Waals surface area contributed by atoms with Crippen molar-refractivity contribution in [2.75, 3.05) is 11.6 Å². The molecule has 0 saturated heterocycles. The highest BCUT2D eigenvalue weighted by atomic mass is 32.2. The lowest BCUT2D eigenvalue weighted by Crippen LogP contribution is -2.19. The van der Waals surface area contributed by atoms with E-state index in [1.807, 2.05) is 0 Å². The number of benzene rings is 1. The Bertz CT molecular complexity index is 812. The van der Waals surface area contributed by atoms with Gasteiger partial charge in [0.05, 0.1) is 10.5 Å². The standard InChI is InChI=1S/C13H13N3O5S/c1-22(20,21)11-6-9(13(18)19)5-10(7-11)15-12(17)8-16-4-2-3-14-16/h2-7H,8H2,1H3,(H,15,17)(H,18,19). The molecule has 0 aliphatic heterocycles. The van der Waals surface area contributed by atoms with Crippen LogP contribution >= 0.6 is 0 Å². The lowest BCUT2D eigenvalue weighted by atomic mass is 10.2. The van der Waals surface area contributed by atoms with E-state index in [1.54, 1.807) is 12.3 Å². The molecule has 0 aliphatic rings. The van der Waals surface area contributed by atoms with Crippen LogP contribution in [0.25, 0.3) is 0 Å². The summed E-state index contributed by atoms with van der Waals surface area (Å²) in [5.41, 5.74) is -0.130. The number of carbonyl (C=O) groups is 2. The number of aromatic nitrogens is 2. The molecule has 9 heteroatoms. The monoisotopic (exact) mass is 323 g/mol. The molecule has 0 saturated carbocycles. The summed E-state index contributed by atoms with van der Waals surface area (Å²) in [6, 6.07) is 5.10. The second-order valence-corrected chi connectivity index (χ2v) is 6.59. The molecule has 1 heterocycles. The van der Waals surface area contributed by atoms with Crippen LogP contribution in [-0.4, -0.2) is 41.4 Å². The first-order valence-corrected chi connectivity index (χ1v) is 8.00. The van der Waals surface area contributed by atoms with Crippen molar-refractivity contribution >= 4 is 27.4 Å². The molecule has 0 bridgehead atoms. The maximum atomic E-state index is 11.9. The number of sulfone groups is 1. The Hall–Kier alpha value is -2.68. The van der Waals surface area contributed by atoms with Gasteiger partial charge in [0.15, 0.2) is 9.84 Å². The van der Waals surface area contributed by atoms with Gasteiger partial charge in [-0.1, -0.05) is 0 Å². The zero-order chi connectivity index (χ0) is 16.3. The number of amides is 1. The van der Waals surface area contributed by atoms with Gasteiger partial charge in [0.2, 0.25) is 5.91 Å². The minimum atomic E-state index is -3.60. The number of carbonyl (C=O) groups excluding carboxylic acids is 1. The van der Waals surface area contributed by atoms with Crippen LogP contribution in [0.15, 0.2) is 41.6 Å². The zero-order valence-corrected chi connectivity index (χ0v) is 12.4. The largest absolute Gasteiger partial charge is 0.478 e. The van der Waals surface area contributed by atoms with Crippen LogP contribution in [0.1, 0.15) is 10.4 Å². The van der Waals surface area contributed by atoms with Gasteiger partial charge in [-0.05, 0) is 24.3 Å². The molecule has 0 fully saturated rings. The predicted molar refractivity (Wildman–Crippen MR) is 77.4 cm³/mol. The molecule has 22 heavy (non-hydrogen) atoms. The van der Waals surface area contributed by atoms with E-state index in [2.05, 4.69) is 10.4 Å². The molecule has 0 spiro atoms. The van der Waals surface area contributed by atoms with E-state index in [0.29, 0.717) is 0 Å². The first kappa shape index (κ1) is 15.7. The molecule has 1 amide bonds. The maximum absolute atomic E-state index is 11.9. The quantitative estimate of drug-likeness (QED) is 0.833. The van der Waals surface area contributed by atoms with Gasteiger partial charge in [-0.2, -0.15) is 5.10 Å². The minimum absolute atomic E-state index is 0.0709. The summed E-state index contributed by atoms with van der Waals surface area (Å²) >= 11 is 0. The van der Waals surface area contributed by atoms with Gasteiger partial charge in [-0.25, -0.2) is 13.2 Å². The molecule has 2 rings (SSSR count). The fourth-order valence-corrected chi connectivity index (χ4v) is 2.43. The summed E-state index contributed by atoms with van der Waals surface area (Å²) in [5.74, 6) is -1.74. The van der Waals surface area contributed by atoms with Crippen LogP contribution in [0.2, 0.25) is 0 Å². The second kappa shape index (κ2) is 5.98. The van der Waals surface area contributed by atoms with Crippen LogP contribution in [0.4, 0.5) is 5.69 Å². The summed E-state index contributed by atoms with van der Waals surface area (Å²) in [5, 5.41) is 15.3. The van der Waals surface area contributed by atoms with E-state index < -0.39 is 21.7 Å². The van der Waals surface area contributed by atoms with Gasteiger partial charge >= 0.3 is 5.97 Å². The Morgan fingerprint density at radius 1 is 1.32 bits per heavy atom. The Morgan fingerprint density at radius 3 is 2.59 bits per heavy atom. The molecule has 1 aromatic heterocycles. The van der Waals surface area contributed by atoms with Gasteiger partial charge in [0.25, 0.3) is 0 Å². The molecule has 8 nitrogen and oxygen atoms in total. The SMILES string of the molecule is CS(=O)(=O)c1cc(NC(=O)Cn2cccn2)cc(C(=O)O)c1. The second-order valence-electron chi connectivity index (χ2n) is 4.58. The lowest BCUT2D eigenvalue weighted by molar-refractivity contribution is -0.116. The van der Waals surface area contributed by atoms with Gasteiger partial charge in [0, 0.05) is 24.3 Å². The van der Waals surface area contributed by atoms with E-state index in [4.69, 9.17) is 5.11 Å². The number of anilines is 1. The maximum Gasteiger partial charge on any atom is 0.335 e. The van der Waals surface area contributed by atoms with Gasteiger partial charge in [0.1, 0.15) is 6.54 Å². The van der Waals surface area contributed by atoms with Crippen molar-refractivity contribution in [3.05, 3.63) is 42.2 Å². The van der Waals surface area contributed by atoms with Crippen LogP contribution in [-0.2, 0) is 21.2 Å². The lowest BCUT2D eigenvalue weighted by Gasteiger charge is -2.09. The van der Waals surface area contributed by atoms with Gasteiger partial charge in [-0.15, -0.1) is 0 Å². The third kappa shape index (κ3) is 3.92. The van der Waals surface area contributed by atoms with Crippen molar-refractivity contribution in [2.24, 2.45) is 0 Å². The number of rotatable bonds is 5. The predicted octanol–water partition coefficient (Wildman–Crippen LogP) is 0.623. The normalized spacial score (nSPS) is 11.1. The first-order valence-electron chi connectivity index (χ1n) is 6.11. The van der Waals surface area contributed by atoms with Crippen molar-refractivity contribution in [3.8, 4) is 0 Å². The molecule has 0 unspecified atom stereocenters. The highest BCUT2D eigenvalue weighted by Gasteiger charge is 2.15. The number of hydrogen-bond acceptors (Lipinski definition) is 5. The Balaban J connectivity index is 2.28. The summed E-state index contributed by atoms with van der Waals surface area (Å²) < 4.78 is 24.5. The van der Waals surface area contributed by atoms with Crippen LogP contribution in [0.5, 0.6) is 0 Å². The fraction of sp³-hybridized carbons (Fsp3) is 0.154. The molecular weight excluding hydrogens is 310 g/mol. The van der Waals surface area contributed by atoms with E-state index in [0.717, 1.165) is 12.3 Å². The fourth-order valence-electron chi connectivity index (χ4n) is 1.75. The molecule has 1 aromatic carbocycles. The van der Waals surface area contributed by atoms with E-state index in [1.165, 1.54) is 23.0 Å². The molecule has 0 atom stereocenters. The smallest absolute Gasteiger partial charge is 0.335 e. The van der Waals surface area contributed by atoms with Crippen molar-refractivity contribution in [1.29, 1.82) is 0 Å².